The highest BCUT2D eigenvalue weighted by Crippen LogP contribution is 2.26. The molecule has 0 N–H and O–H groups in total. The van der Waals surface area contributed by atoms with E-state index in [0.29, 0.717) is 6.42 Å². The molecule has 0 aliphatic carbocycles. The average molecular weight is 316 g/mol. The van der Waals surface area contributed by atoms with Crippen LogP contribution in [0.5, 0.6) is 0 Å². The Morgan fingerprint density at radius 3 is 2.75 bits per heavy atom. The van der Waals surface area contributed by atoms with Crippen molar-refractivity contribution in [3.8, 4) is 0 Å². The van der Waals surface area contributed by atoms with Gasteiger partial charge in [0.1, 0.15) is 0 Å². The smallest absolute Gasteiger partial charge is 0.179 e. The molecule has 0 aromatic carbocycles. The zero-order valence-corrected chi connectivity index (χ0v) is 12.1. The third-order valence-corrected chi connectivity index (χ3v) is 5.21. The SMILES string of the molecule is Cc1nc(C)c(C(=O)Cc2sccc2Br)s1. The van der Waals surface area contributed by atoms with Crippen molar-refractivity contribution in [2.24, 2.45) is 0 Å². The molecule has 0 atom stereocenters. The maximum absolute atomic E-state index is 12.1. The number of hydrogen-bond donors (Lipinski definition) is 0. The number of ketones is 1. The summed E-state index contributed by atoms with van der Waals surface area (Å²) >= 11 is 6.52. The summed E-state index contributed by atoms with van der Waals surface area (Å²) in [6.07, 6.45) is 0.459. The lowest BCUT2D eigenvalue weighted by molar-refractivity contribution is 0.0997. The van der Waals surface area contributed by atoms with Crippen LogP contribution in [0.2, 0.25) is 0 Å². The minimum atomic E-state index is 0.159. The van der Waals surface area contributed by atoms with E-state index in [0.717, 1.165) is 24.9 Å². The Bertz CT molecular complexity index is 530. The van der Waals surface area contributed by atoms with Crippen LogP contribution in [0, 0.1) is 13.8 Å². The van der Waals surface area contributed by atoms with Crippen molar-refractivity contribution in [1.82, 2.24) is 4.98 Å². The monoisotopic (exact) mass is 315 g/mol. The lowest BCUT2D eigenvalue weighted by Crippen LogP contribution is -2.02. The lowest BCUT2D eigenvalue weighted by Gasteiger charge is -1.97. The molecule has 0 fully saturated rings. The van der Waals surface area contributed by atoms with Gasteiger partial charge < -0.3 is 0 Å². The summed E-state index contributed by atoms with van der Waals surface area (Å²) in [5.41, 5.74) is 0.847. The molecule has 0 unspecified atom stereocenters. The number of hydrogen-bond acceptors (Lipinski definition) is 4. The molecule has 5 heteroatoms. The number of aromatic nitrogens is 1. The van der Waals surface area contributed by atoms with E-state index in [1.165, 1.54) is 11.3 Å². The fraction of sp³-hybridized carbons (Fsp3) is 0.273. The minimum Gasteiger partial charge on any atom is -0.293 e. The van der Waals surface area contributed by atoms with Gasteiger partial charge in [0.05, 0.1) is 15.6 Å². The molecule has 84 valence electrons. The van der Waals surface area contributed by atoms with E-state index in [1.807, 2.05) is 25.3 Å². The highest BCUT2D eigenvalue weighted by molar-refractivity contribution is 9.10. The van der Waals surface area contributed by atoms with Gasteiger partial charge in [-0.3, -0.25) is 4.79 Å². The fourth-order valence-corrected chi connectivity index (χ4v) is 3.82. The third kappa shape index (κ3) is 2.42. The Balaban J connectivity index is 2.21. The molecule has 0 saturated carbocycles. The van der Waals surface area contributed by atoms with Crippen molar-refractivity contribution in [1.29, 1.82) is 0 Å². The second kappa shape index (κ2) is 4.77. The van der Waals surface area contributed by atoms with Gasteiger partial charge in [0.2, 0.25) is 0 Å². The van der Waals surface area contributed by atoms with Crippen molar-refractivity contribution in [2.45, 2.75) is 20.3 Å². The predicted molar refractivity (Wildman–Crippen MR) is 71.6 cm³/mol. The number of aryl methyl sites for hydroxylation is 2. The van der Waals surface area contributed by atoms with Gasteiger partial charge in [-0.25, -0.2) is 4.98 Å². The third-order valence-electron chi connectivity index (χ3n) is 2.17. The number of thiophene rings is 1. The number of carbonyl (C=O) groups is 1. The topological polar surface area (TPSA) is 30.0 Å². The molecular weight excluding hydrogens is 306 g/mol. The molecule has 0 saturated heterocycles. The van der Waals surface area contributed by atoms with Crippen molar-refractivity contribution in [3.63, 3.8) is 0 Å². The molecule has 0 bridgehead atoms. The highest BCUT2D eigenvalue weighted by atomic mass is 79.9. The lowest BCUT2D eigenvalue weighted by atomic mass is 10.2. The number of rotatable bonds is 3. The van der Waals surface area contributed by atoms with Crippen molar-refractivity contribution in [3.05, 3.63) is 36.4 Å². The van der Waals surface area contributed by atoms with E-state index in [9.17, 15) is 4.79 Å². The maximum atomic E-state index is 12.1. The molecule has 0 radical (unpaired) electrons. The molecule has 2 heterocycles. The molecular formula is C11H10BrNOS2. The van der Waals surface area contributed by atoms with Crippen LogP contribution in [0.1, 0.15) is 25.3 Å². The first-order valence-corrected chi connectivity index (χ1v) is 7.26. The van der Waals surface area contributed by atoms with Gasteiger partial charge in [0.25, 0.3) is 0 Å². The Morgan fingerprint density at radius 2 is 2.25 bits per heavy atom. The first-order chi connectivity index (χ1) is 7.58. The van der Waals surface area contributed by atoms with Crippen LogP contribution in [-0.4, -0.2) is 10.8 Å². The van der Waals surface area contributed by atoms with E-state index in [-0.39, 0.29) is 5.78 Å². The highest BCUT2D eigenvalue weighted by Gasteiger charge is 2.15. The molecule has 0 aliphatic rings. The van der Waals surface area contributed by atoms with Gasteiger partial charge in [0.15, 0.2) is 5.78 Å². The summed E-state index contributed by atoms with van der Waals surface area (Å²) in [5.74, 6) is 0.159. The van der Waals surface area contributed by atoms with Crippen LogP contribution < -0.4 is 0 Å². The zero-order valence-electron chi connectivity index (χ0n) is 8.91. The van der Waals surface area contributed by atoms with Crippen molar-refractivity contribution in [2.75, 3.05) is 0 Å². The van der Waals surface area contributed by atoms with E-state index in [1.54, 1.807) is 11.3 Å². The number of halogens is 1. The average Bonchev–Trinajstić information content (AvgIpc) is 2.74. The summed E-state index contributed by atoms with van der Waals surface area (Å²) in [6.45, 7) is 3.82. The summed E-state index contributed by atoms with van der Waals surface area (Å²) in [6, 6.07) is 1.97. The molecule has 0 spiro atoms. The molecule has 2 aromatic rings. The van der Waals surface area contributed by atoms with Crippen LogP contribution >= 0.6 is 38.6 Å². The quantitative estimate of drug-likeness (QED) is 0.801. The normalized spacial score (nSPS) is 10.7. The van der Waals surface area contributed by atoms with Gasteiger partial charge in [0, 0.05) is 15.8 Å². The second-order valence-corrected chi connectivity index (χ2v) is 6.50. The first kappa shape index (κ1) is 12.0. The Morgan fingerprint density at radius 1 is 1.50 bits per heavy atom. The van der Waals surface area contributed by atoms with Gasteiger partial charge in [-0.15, -0.1) is 22.7 Å². The molecule has 0 aliphatic heterocycles. The van der Waals surface area contributed by atoms with Crippen LogP contribution in [0.15, 0.2) is 15.9 Å². The number of nitrogens with zero attached hydrogens (tertiary/aromatic N) is 1. The van der Waals surface area contributed by atoms with E-state index in [2.05, 4.69) is 20.9 Å². The second-order valence-electron chi connectivity index (χ2n) is 3.44. The zero-order chi connectivity index (χ0) is 11.7. The van der Waals surface area contributed by atoms with Crippen molar-refractivity contribution >= 4 is 44.4 Å². The molecule has 0 amide bonds. The number of Topliss-reactive ketones (excluding diaryl/α,β-unsaturated/α-hetero) is 1. The van der Waals surface area contributed by atoms with Gasteiger partial charge >= 0.3 is 0 Å². The van der Waals surface area contributed by atoms with Crippen LogP contribution in [0.4, 0.5) is 0 Å². The molecule has 2 nitrogen and oxygen atoms in total. The fourth-order valence-electron chi connectivity index (χ4n) is 1.47. The van der Waals surface area contributed by atoms with Gasteiger partial charge in [-0.2, -0.15) is 0 Å². The van der Waals surface area contributed by atoms with Crippen LogP contribution in [-0.2, 0) is 6.42 Å². The molecule has 2 aromatic heterocycles. The first-order valence-electron chi connectivity index (χ1n) is 4.77. The van der Waals surface area contributed by atoms with E-state index < -0.39 is 0 Å². The summed E-state index contributed by atoms with van der Waals surface area (Å²) in [4.78, 5) is 18.2. The van der Waals surface area contributed by atoms with Gasteiger partial charge in [-0.1, -0.05) is 0 Å². The standard InChI is InChI=1S/C11H10BrNOS2/c1-6-11(16-7(2)13-6)9(14)5-10-8(12)3-4-15-10/h3-4H,5H2,1-2H3. The minimum absolute atomic E-state index is 0.159. The predicted octanol–water partition coefficient (Wildman–Crippen LogP) is 4.01. The summed E-state index contributed by atoms with van der Waals surface area (Å²) < 4.78 is 1.02. The van der Waals surface area contributed by atoms with Crippen LogP contribution in [0.25, 0.3) is 0 Å². The maximum Gasteiger partial charge on any atom is 0.179 e. The van der Waals surface area contributed by atoms with E-state index in [4.69, 9.17) is 0 Å². The molecule has 16 heavy (non-hydrogen) atoms. The van der Waals surface area contributed by atoms with E-state index >= 15 is 0 Å². The Labute approximate surface area is 110 Å². The summed E-state index contributed by atoms with van der Waals surface area (Å²) in [7, 11) is 0. The summed E-state index contributed by atoms with van der Waals surface area (Å²) in [5, 5.41) is 2.93. The Hall–Kier alpha value is -0.520. The molecule has 2 rings (SSSR count). The number of thiazole rings is 1. The Kier molecular flexibility index (Phi) is 3.56. The number of carbonyl (C=O) groups excluding carboxylic acids is 1. The largest absolute Gasteiger partial charge is 0.293 e. The van der Waals surface area contributed by atoms with Crippen LogP contribution in [0.3, 0.4) is 0 Å². The van der Waals surface area contributed by atoms with Crippen molar-refractivity contribution < 1.29 is 4.79 Å². The van der Waals surface area contributed by atoms with Gasteiger partial charge in [-0.05, 0) is 41.2 Å².